The number of likely N-dealkylation sites (tertiary alicyclic amines) is 1. The normalized spacial score (nSPS) is 17.3. The molecule has 0 spiro atoms. The number of benzene rings is 1. The molecule has 2 amide bonds. The molecule has 0 unspecified atom stereocenters. The van der Waals surface area contributed by atoms with Crippen molar-refractivity contribution in [1.82, 2.24) is 19.9 Å². The second-order valence-corrected chi connectivity index (χ2v) is 7.03. The molecule has 1 aromatic heterocycles. The second-order valence-electron chi connectivity index (χ2n) is 6.62. The maximum Gasteiger partial charge on any atom is 0.321 e. The van der Waals surface area contributed by atoms with Crippen molar-refractivity contribution in [1.29, 1.82) is 0 Å². The Hall–Kier alpha value is -2.12. The number of hydrogen-bond donors (Lipinski definition) is 2. The van der Waals surface area contributed by atoms with Crippen molar-refractivity contribution in [2.45, 2.75) is 32.2 Å². The topological polar surface area (TPSA) is 83.3 Å². The lowest BCUT2D eigenvalue weighted by Crippen LogP contribution is -2.43. The summed E-state index contributed by atoms with van der Waals surface area (Å²) in [6.45, 7) is 2.32. The van der Waals surface area contributed by atoms with Crippen LogP contribution in [0.15, 0.2) is 30.5 Å². The molecule has 8 heteroatoms. The maximum atomic E-state index is 12.5. The van der Waals surface area contributed by atoms with Gasteiger partial charge in [0.15, 0.2) is 0 Å². The largest absolute Gasteiger partial charge is 0.396 e. The van der Waals surface area contributed by atoms with Crippen LogP contribution in [0, 0.1) is 5.92 Å². The molecule has 1 saturated heterocycles. The molecule has 26 heavy (non-hydrogen) atoms. The van der Waals surface area contributed by atoms with Gasteiger partial charge in [0, 0.05) is 32.4 Å². The number of hydrogen-bond acceptors (Lipinski definition) is 4. The SMILES string of the molecule is O=C(Nc1ccccc1Cl)N1CCC[C@H](Cn2cc(CCCO)nn2)C1. The number of aryl methyl sites for hydroxylation is 1. The molecule has 2 aromatic rings. The number of carbonyl (C=O) groups excluding carboxylic acids is 1. The summed E-state index contributed by atoms with van der Waals surface area (Å²) in [5, 5.41) is 20.6. The van der Waals surface area contributed by atoms with Crippen LogP contribution < -0.4 is 5.32 Å². The maximum absolute atomic E-state index is 12.5. The minimum Gasteiger partial charge on any atom is -0.396 e. The molecule has 0 radical (unpaired) electrons. The van der Waals surface area contributed by atoms with Crippen molar-refractivity contribution in [2.75, 3.05) is 25.0 Å². The van der Waals surface area contributed by atoms with E-state index in [2.05, 4.69) is 15.6 Å². The molecule has 0 bridgehead atoms. The average molecular weight is 378 g/mol. The summed E-state index contributed by atoms with van der Waals surface area (Å²) < 4.78 is 1.84. The highest BCUT2D eigenvalue weighted by atomic mass is 35.5. The van der Waals surface area contributed by atoms with Gasteiger partial charge in [-0.2, -0.15) is 0 Å². The Bertz CT molecular complexity index is 736. The Balaban J connectivity index is 1.54. The van der Waals surface area contributed by atoms with E-state index in [1.165, 1.54) is 0 Å². The minimum atomic E-state index is -0.120. The van der Waals surface area contributed by atoms with Crippen molar-refractivity contribution >= 4 is 23.3 Å². The molecule has 0 aliphatic carbocycles. The molecule has 7 nitrogen and oxygen atoms in total. The van der Waals surface area contributed by atoms with Crippen molar-refractivity contribution in [2.24, 2.45) is 5.92 Å². The lowest BCUT2D eigenvalue weighted by molar-refractivity contribution is 0.168. The molecule has 140 valence electrons. The number of urea groups is 1. The molecular weight excluding hydrogens is 354 g/mol. The first-order valence-corrected chi connectivity index (χ1v) is 9.34. The van der Waals surface area contributed by atoms with E-state index in [0.29, 0.717) is 29.6 Å². The predicted octanol–water partition coefficient (Wildman–Crippen LogP) is 2.80. The van der Waals surface area contributed by atoms with Crippen molar-refractivity contribution in [3.63, 3.8) is 0 Å². The standard InChI is InChI=1S/C18H24ClN5O2/c19-16-7-1-2-8-17(16)20-18(26)23-9-3-5-14(11-23)12-24-13-15(21-22-24)6-4-10-25/h1-2,7-8,13-14,25H,3-6,9-12H2,(H,20,26)/t14-/m0/s1. The Kier molecular flexibility index (Phi) is 6.46. The van der Waals surface area contributed by atoms with Crippen LogP contribution in [0.25, 0.3) is 0 Å². The van der Waals surface area contributed by atoms with Gasteiger partial charge in [0.25, 0.3) is 0 Å². The molecule has 1 aliphatic heterocycles. The molecule has 1 aliphatic rings. The lowest BCUT2D eigenvalue weighted by Gasteiger charge is -2.32. The minimum absolute atomic E-state index is 0.120. The fourth-order valence-electron chi connectivity index (χ4n) is 3.22. The van der Waals surface area contributed by atoms with Gasteiger partial charge in [0.2, 0.25) is 0 Å². The zero-order chi connectivity index (χ0) is 18.4. The van der Waals surface area contributed by atoms with Gasteiger partial charge >= 0.3 is 6.03 Å². The van der Waals surface area contributed by atoms with Crippen LogP contribution in [0.1, 0.15) is 25.0 Å². The van der Waals surface area contributed by atoms with Crippen molar-refractivity contribution in [3.05, 3.63) is 41.2 Å². The number of nitrogens with one attached hydrogen (secondary N) is 1. The third-order valence-corrected chi connectivity index (χ3v) is 4.87. The molecule has 0 saturated carbocycles. The number of nitrogens with zero attached hydrogens (tertiary/aromatic N) is 4. The molecule has 1 aromatic carbocycles. The Labute approximate surface area is 157 Å². The number of rotatable bonds is 6. The fourth-order valence-corrected chi connectivity index (χ4v) is 3.41. The summed E-state index contributed by atoms with van der Waals surface area (Å²) >= 11 is 6.11. The molecule has 3 rings (SSSR count). The fraction of sp³-hybridized carbons (Fsp3) is 0.500. The zero-order valence-electron chi connectivity index (χ0n) is 14.6. The molecule has 2 N–H and O–H groups in total. The van der Waals surface area contributed by atoms with E-state index in [4.69, 9.17) is 16.7 Å². The Morgan fingerprint density at radius 1 is 1.38 bits per heavy atom. The third-order valence-electron chi connectivity index (χ3n) is 4.54. The number of anilines is 1. The number of amides is 2. The van der Waals surface area contributed by atoms with E-state index in [1.807, 2.05) is 27.9 Å². The van der Waals surface area contributed by atoms with Crippen LogP contribution in [0.5, 0.6) is 0 Å². The number of aliphatic hydroxyl groups excluding tert-OH is 1. The summed E-state index contributed by atoms with van der Waals surface area (Å²) in [7, 11) is 0. The van der Waals surface area contributed by atoms with Gasteiger partial charge in [-0.15, -0.1) is 5.10 Å². The van der Waals surface area contributed by atoms with Gasteiger partial charge in [-0.05, 0) is 43.7 Å². The summed E-state index contributed by atoms with van der Waals surface area (Å²) in [4.78, 5) is 14.4. The number of piperidine rings is 1. The summed E-state index contributed by atoms with van der Waals surface area (Å²) in [6.07, 6.45) is 5.37. The highest BCUT2D eigenvalue weighted by Crippen LogP contribution is 2.23. The van der Waals surface area contributed by atoms with Crippen LogP contribution in [0.4, 0.5) is 10.5 Å². The van der Waals surface area contributed by atoms with Crippen LogP contribution >= 0.6 is 11.6 Å². The lowest BCUT2D eigenvalue weighted by atomic mass is 9.98. The second kappa shape index (κ2) is 9.00. The van der Waals surface area contributed by atoms with Crippen molar-refractivity contribution < 1.29 is 9.90 Å². The first-order valence-electron chi connectivity index (χ1n) is 8.96. The van der Waals surface area contributed by atoms with Crippen LogP contribution in [-0.4, -0.2) is 50.7 Å². The highest BCUT2D eigenvalue weighted by molar-refractivity contribution is 6.33. The predicted molar refractivity (Wildman–Crippen MR) is 100 cm³/mol. The first-order chi connectivity index (χ1) is 12.7. The van der Waals surface area contributed by atoms with Gasteiger partial charge in [0.05, 0.1) is 16.4 Å². The molecular formula is C18H24ClN5O2. The monoisotopic (exact) mass is 377 g/mol. The van der Waals surface area contributed by atoms with Gasteiger partial charge in [-0.25, -0.2) is 4.79 Å². The number of carbonyl (C=O) groups is 1. The number of para-hydroxylation sites is 1. The van der Waals surface area contributed by atoms with E-state index >= 15 is 0 Å². The average Bonchev–Trinajstić information content (AvgIpc) is 3.09. The van der Waals surface area contributed by atoms with Gasteiger partial charge in [-0.3, -0.25) is 4.68 Å². The smallest absolute Gasteiger partial charge is 0.321 e. The summed E-state index contributed by atoms with van der Waals surface area (Å²) in [5.41, 5.74) is 1.52. The van der Waals surface area contributed by atoms with E-state index < -0.39 is 0 Å². The Morgan fingerprint density at radius 2 is 2.23 bits per heavy atom. The molecule has 2 heterocycles. The summed E-state index contributed by atoms with van der Waals surface area (Å²) in [6, 6.07) is 7.12. The Morgan fingerprint density at radius 3 is 3.04 bits per heavy atom. The zero-order valence-corrected chi connectivity index (χ0v) is 15.4. The number of aliphatic hydroxyl groups is 1. The van der Waals surface area contributed by atoms with Gasteiger partial charge < -0.3 is 15.3 Å². The summed E-state index contributed by atoms with van der Waals surface area (Å²) in [5.74, 6) is 0.341. The van der Waals surface area contributed by atoms with E-state index in [1.54, 1.807) is 12.1 Å². The van der Waals surface area contributed by atoms with E-state index in [0.717, 1.165) is 38.0 Å². The highest BCUT2D eigenvalue weighted by Gasteiger charge is 2.24. The van der Waals surface area contributed by atoms with Crippen molar-refractivity contribution in [3.8, 4) is 0 Å². The first kappa shape index (κ1) is 18.7. The molecule has 1 fully saturated rings. The number of aromatic nitrogens is 3. The van der Waals surface area contributed by atoms with Crippen LogP contribution in [0.3, 0.4) is 0 Å². The third kappa shape index (κ3) is 4.95. The van der Waals surface area contributed by atoms with Crippen LogP contribution in [0.2, 0.25) is 5.02 Å². The van der Waals surface area contributed by atoms with Crippen LogP contribution in [-0.2, 0) is 13.0 Å². The van der Waals surface area contributed by atoms with E-state index in [9.17, 15) is 4.79 Å². The van der Waals surface area contributed by atoms with E-state index in [-0.39, 0.29) is 12.6 Å². The van der Waals surface area contributed by atoms with Gasteiger partial charge in [-0.1, -0.05) is 28.9 Å². The molecule has 1 atom stereocenters. The quantitative estimate of drug-likeness (QED) is 0.810. The van der Waals surface area contributed by atoms with Gasteiger partial charge in [0.1, 0.15) is 0 Å². The number of halogens is 1.